The number of carbonyl (C=O) groups is 1. The highest BCUT2D eigenvalue weighted by atomic mass is 16.6. The van der Waals surface area contributed by atoms with E-state index in [2.05, 4.69) is 0 Å². The van der Waals surface area contributed by atoms with Crippen molar-refractivity contribution in [3.05, 3.63) is 75.6 Å². The van der Waals surface area contributed by atoms with Crippen molar-refractivity contribution in [1.82, 2.24) is 0 Å². The van der Waals surface area contributed by atoms with Crippen LogP contribution in [0.25, 0.3) is 11.0 Å². The van der Waals surface area contributed by atoms with Gasteiger partial charge in [-0.05, 0) is 18.2 Å². The Morgan fingerprint density at radius 1 is 0.955 bits per heavy atom. The number of hydrogen-bond donors (Lipinski definition) is 1. The van der Waals surface area contributed by atoms with Gasteiger partial charge in [-0.3, -0.25) is 0 Å². The minimum absolute atomic E-state index is 0.0583. The second kappa shape index (κ2) is 4.46. The molecule has 1 atom stereocenters. The highest BCUT2D eigenvalue weighted by Gasteiger charge is 2.36. The molecule has 22 heavy (non-hydrogen) atoms. The van der Waals surface area contributed by atoms with Crippen LogP contribution in [0.15, 0.2) is 57.7 Å². The van der Waals surface area contributed by atoms with Crippen molar-refractivity contribution in [3.63, 3.8) is 0 Å². The number of fused-ring (bicyclic) bond motifs is 2. The summed E-state index contributed by atoms with van der Waals surface area (Å²) in [4.78, 5) is 24.1. The second-order valence-corrected chi connectivity index (χ2v) is 5.02. The van der Waals surface area contributed by atoms with E-state index in [1.807, 2.05) is 0 Å². The maximum absolute atomic E-state index is 12.2. The van der Waals surface area contributed by atoms with Crippen LogP contribution in [0.5, 0.6) is 5.75 Å². The number of cyclic esters (lactones) is 1. The SMILES string of the molecule is O=C1O[C@@H](c2c(O)c3ccccc3oc2=O)c2ccccc21. The van der Waals surface area contributed by atoms with E-state index in [1.165, 1.54) is 0 Å². The van der Waals surface area contributed by atoms with Gasteiger partial charge in [0, 0.05) is 5.56 Å². The van der Waals surface area contributed by atoms with Gasteiger partial charge < -0.3 is 14.3 Å². The van der Waals surface area contributed by atoms with Gasteiger partial charge in [-0.2, -0.15) is 0 Å². The summed E-state index contributed by atoms with van der Waals surface area (Å²) in [5, 5.41) is 10.9. The van der Waals surface area contributed by atoms with Crippen molar-refractivity contribution in [2.24, 2.45) is 0 Å². The van der Waals surface area contributed by atoms with Crippen LogP contribution in [0, 0.1) is 0 Å². The van der Waals surface area contributed by atoms with Crippen LogP contribution in [0.4, 0.5) is 0 Å². The molecule has 0 saturated heterocycles. The minimum Gasteiger partial charge on any atom is -0.506 e. The fourth-order valence-corrected chi connectivity index (χ4v) is 2.74. The first kappa shape index (κ1) is 12.6. The predicted octanol–water partition coefficient (Wildman–Crippen LogP) is 2.76. The molecule has 0 saturated carbocycles. The number of benzene rings is 2. The largest absolute Gasteiger partial charge is 0.506 e. The summed E-state index contributed by atoms with van der Waals surface area (Å²) in [5.41, 5.74) is 0.443. The van der Waals surface area contributed by atoms with E-state index in [4.69, 9.17) is 9.15 Å². The topological polar surface area (TPSA) is 76.7 Å². The Hall–Kier alpha value is -3.08. The Kier molecular flexibility index (Phi) is 2.56. The van der Waals surface area contributed by atoms with Gasteiger partial charge in [0.15, 0.2) is 6.10 Å². The third-order valence-electron chi connectivity index (χ3n) is 3.77. The number of ether oxygens (including phenoxy) is 1. The quantitative estimate of drug-likeness (QED) is 0.551. The monoisotopic (exact) mass is 294 g/mol. The smallest absolute Gasteiger partial charge is 0.347 e. The summed E-state index contributed by atoms with van der Waals surface area (Å²) in [5.74, 6) is -0.742. The summed E-state index contributed by atoms with van der Waals surface area (Å²) in [6, 6.07) is 13.4. The first-order valence-electron chi connectivity index (χ1n) is 6.71. The molecule has 0 fully saturated rings. The third-order valence-corrected chi connectivity index (χ3v) is 3.77. The van der Waals surface area contributed by atoms with Gasteiger partial charge in [0.1, 0.15) is 16.9 Å². The lowest BCUT2D eigenvalue weighted by atomic mass is 9.99. The molecule has 1 aliphatic heterocycles. The van der Waals surface area contributed by atoms with Crippen molar-refractivity contribution in [2.75, 3.05) is 0 Å². The lowest BCUT2D eigenvalue weighted by molar-refractivity contribution is 0.0448. The number of para-hydroxylation sites is 1. The lowest BCUT2D eigenvalue weighted by Gasteiger charge is -2.12. The molecule has 2 aromatic carbocycles. The van der Waals surface area contributed by atoms with Gasteiger partial charge in [0.05, 0.1) is 10.9 Å². The number of hydrogen-bond acceptors (Lipinski definition) is 5. The van der Waals surface area contributed by atoms with E-state index in [1.54, 1.807) is 48.5 Å². The van der Waals surface area contributed by atoms with Crippen LogP contribution < -0.4 is 5.63 Å². The van der Waals surface area contributed by atoms with Gasteiger partial charge >= 0.3 is 11.6 Å². The Morgan fingerprint density at radius 2 is 1.68 bits per heavy atom. The lowest BCUT2D eigenvalue weighted by Crippen LogP contribution is -2.14. The van der Waals surface area contributed by atoms with Gasteiger partial charge in [0.2, 0.25) is 0 Å². The standard InChI is InChI=1S/C17H10O5/c18-14-11-7-3-4-8-12(11)21-17(20)13(14)15-9-5-1-2-6-10(9)16(19)22-15/h1-8,15,18H/t15-/m1/s1. The van der Waals surface area contributed by atoms with Gasteiger partial charge in [0.25, 0.3) is 0 Å². The highest BCUT2D eigenvalue weighted by Crippen LogP contribution is 2.39. The number of rotatable bonds is 1. The summed E-state index contributed by atoms with van der Waals surface area (Å²) < 4.78 is 10.5. The summed E-state index contributed by atoms with van der Waals surface area (Å²) in [6.07, 6.45) is -0.954. The second-order valence-electron chi connectivity index (χ2n) is 5.02. The summed E-state index contributed by atoms with van der Waals surface area (Å²) in [6.45, 7) is 0. The molecule has 1 aliphatic rings. The molecule has 5 nitrogen and oxygen atoms in total. The highest BCUT2D eigenvalue weighted by molar-refractivity contribution is 5.95. The minimum atomic E-state index is -0.954. The molecule has 0 radical (unpaired) electrons. The van der Waals surface area contributed by atoms with E-state index in [9.17, 15) is 14.7 Å². The van der Waals surface area contributed by atoms with Gasteiger partial charge in [-0.15, -0.1) is 0 Å². The molecule has 5 heteroatoms. The van der Waals surface area contributed by atoms with Crippen molar-refractivity contribution < 1.29 is 19.1 Å². The van der Waals surface area contributed by atoms with Crippen LogP contribution in [-0.2, 0) is 4.74 Å². The molecule has 3 aromatic rings. The van der Waals surface area contributed by atoms with E-state index in [0.717, 1.165) is 0 Å². The molecule has 0 bridgehead atoms. The van der Waals surface area contributed by atoms with E-state index >= 15 is 0 Å². The molecule has 0 amide bonds. The van der Waals surface area contributed by atoms with E-state index < -0.39 is 17.7 Å². The van der Waals surface area contributed by atoms with Crippen LogP contribution in [-0.4, -0.2) is 11.1 Å². The van der Waals surface area contributed by atoms with Crippen LogP contribution >= 0.6 is 0 Å². The molecule has 1 aromatic heterocycles. The van der Waals surface area contributed by atoms with Crippen LogP contribution in [0.3, 0.4) is 0 Å². The first-order chi connectivity index (χ1) is 10.7. The number of carbonyl (C=O) groups excluding carboxylic acids is 1. The van der Waals surface area contributed by atoms with Crippen LogP contribution in [0.2, 0.25) is 0 Å². The Bertz CT molecular complexity index is 970. The summed E-state index contributed by atoms with van der Waals surface area (Å²) >= 11 is 0. The van der Waals surface area contributed by atoms with Crippen molar-refractivity contribution in [2.45, 2.75) is 6.10 Å². The van der Waals surface area contributed by atoms with E-state index in [0.29, 0.717) is 16.5 Å². The molecule has 4 rings (SSSR count). The molecular weight excluding hydrogens is 284 g/mol. The Labute approximate surface area is 124 Å². The van der Waals surface area contributed by atoms with Crippen LogP contribution in [0.1, 0.15) is 27.6 Å². The maximum Gasteiger partial charge on any atom is 0.347 e. The average Bonchev–Trinajstić information content (AvgIpc) is 2.85. The molecule has 2 heterocycles. The average molecular weight is 294 g/mol. The zero-order valence-electron chi connectivity index (χ0n) is 11.3. The molecule has 0 unspecified atom stereocenters. The molecule has 0 aliphatic carbocycles. The zero-order chi connectivity index (χ0) is 15.3. The van der Waals surface area contributed by atoms with Crippen molar-refractivity contribution in [1.29, 1.82) is 0 Å². The number of aromatic hydroxyl groups is 1. The van der Waals surface area contributed by atoms with Crippen molar-refractivity contribution in [3.8, 4) is 5.75 Å². The Balaban J connectivity index is 2.00. The zero-order valence-corrected chi connectivity index (χ0v) is 11.3. The predicted molar refractivity (Wildman–Crippen MR) is 77.8 cm³/mol. The van der Waals surface area contributed by atoms with Gasteiger partial charge in [-0.1, -0.05) is 30.3 Å². The summed E-state index contributed by atoms with van der Waals surface area (Å²) in [7, 11) is 0. The number of esters is 1. The van der Waals surface area contributed by atoms with Gasteiger partial charge in [-0.25, -0.2) is 9.59 Å². The fourth-order valence-electron chi connectivity index (χ4n) is 2.74. The fraction of sp³-hybridized carbons (Fsp3) is 0.0588. The first-order valence-corrected chi connectivity index (χ1v) is 6.71. The van der Waals surface area contributed by atoms with E-state index in [-0.39, 0.29) is 16.9 Å². The normalized spacial score (nSPS) is 16.5. The molecular formula is C17H10O5. The van der Waals surface area contributed by atoms with Crippen molar-refractivity contribution >= 4 is 16.9 Å². The molecule has 0 spiro atoms. The molecule has 108 valence electrons. The molecule has 1 N–H and O–H groups in total. The maximum atomic E-state index is 12.2. The third kappa shape index (κ3) is 1.65. The Morgan fingerprint density at radius 3 is 2.55 bits per heavy atom.